The largest absolute Gasteiger partial charge is 2.00 e. The number of rotatable bonds is 5. The summed E-state index contributed by atoms with van der Waals surface area (Å²) < 4.78 is 5.00. The second-order valence-corrected chi connectivity index (χ2v) is 11.5. The summed E-state index contributed by atoms with van der Waals surface area (Å²) in [4.78, 5) is 32.9. The monoisotopic (exact) mass is 592 g/mol. The third kappa shape index (κ3) is 4.76. The Morgan fingerprint density at radius 3 is 2.34 bits per heavy atom. The number of aromatic nitrogens is 4. The molecule has 2 atom stereocenters. The van der Waals surface area contributed by atoms with Crippen LogP contribution in [0.25, 0.3) is 33.2 Å². The Bertz CT molecular complexity index is 1740. The number of nitrogens with zero attached hydrogens (tertiary/aromatic N) is 4. The van der Waals surface area contributed by atoms with E-state index in [0.717, 1.165) is 70.5 Å². The van der Waals surface area contributed by atoms with Gasteiger partial charge < -0.3 is 14.7 Å². The topological polar surface area (TPSA) is 80.3 Å². The smallest absolute Gasteiger partial charge is 0.657 e. The Kier molecular flexibility index (Phi) is 8.04. The van der Waals surface area contributed by atoms with Crippen LogP contribution in [0.3, 0.4) is 0 Å². The van der Waals surface area contributed by atoms with Crippen LogP contribution in [0.2, 0.25) is 0 Å². The molecule has 6 rings (SSSR count). The van der Waals surface area contributed by atoms with Crippen LogP contribution in [0.1, 0.15) is 109 Å². The van der Waals surface area contributed by atoms with Gasteiger partial charge in [-0.25, -0.2) is 4.98 Å². The predicted molar refractivity (Wildman–Crippen MR) is 160 cm³/mol. The number of aryl methyl sites for hydroxylation is 5. The number of carbonyl (C=O) groups excluding carboxylic acids is 1. The second kappa shape index (κ2) is 11.2. The fraction of sp³-hybridized carbons (Fsp3) is 0.441. The molecule has 0 spiro atoms. The van der Waals surface area contributed by atoms with Crippen LogP contribution in [-0.4, -0.2) is 23.0 Å². The van der Waals surface area contributed by atoms with Gasteiger partial charge in [-0.1, -0.05) is 61.2 Å². The molecule has 0 N–H and O–H groups in total. The number of allylic oxidation sites excluding steroid dienone is 2. The van der Waals surface area contributed by atoms with Gasteiger partial charge >= 0.3 is 22.5 Å². The number of methoxy groups -OCH3 is 1. The summed E-state index contributed by atoms with van der Waals surface area (Å²) in [5.41, 5.74) is 16.9. The number of carbonyl (C=O) groups is 1. The molecule has 0 aromatic carbocycles. The Morgan fingerprint density at radius 2 is 1.63 bits per heavy atom. The molecule has 6 nitrogen and oxygen atoms in total. The molecule has 0 saturated carbocycles. The Balaban J connectivity index is 0.00000337. The second-order valence-electron chi connectivity index (χ2n) is 11.5. The molecule has 41 heavy (non-hydrogen) atoms. The van der Waals surface area contributed by atoms with Gasteiger partial charge in [-0.3, -0.25) is 9.78 Å². The molecule has 5 heterocycles. The van der Waals surface area contributed by atoms with Crippen molar-refractivity contribution in [2.45, 2.75) is 91.9 Å². The van der Waals surface area contributed by atoms with Gasteiger partial charge in [0.25, 0.3) is 0 Å². The molecule has 0 amide bonds. The summed E-state index contributed by atoms with van der Waals surface area (Å²) in [6, 6.07) is 6.51. The van der Waals surface area contributed by atoms with E-state index in [4.69, 9.17) is 24.7 Å². The Morgan fingerprint density at radius 1 is 0.927 bits per heavy atom. The van der Waals surface area contributed by atoms with Crippen molar-refractivity contribution in [2.75, 3.05) is 7.11 Å². The summed E-state index contributed by atoms with van der Waals surface area (Å²) in [5, 5.41) is 0. The van der Waals surface area contributed by atoms with Crippen molar-refractivity contribution in [3.05, 3.63) is 68.8 Å². The first-order valence-corrected chi connectivity index (χ1v) is 14.7. The van der Waals surface area contributed by atoms with Gasteiger partial charge in [0.15, 0.2) is 0 Å². The van der Waals surface area contributed by atoms with Gasteiger partial charge in [-0.2, -0.15) is 0 Å². The third-order valence-electron chi connectivity index (χ3n) is 9.45. The van der Waals surface area contributed by atoms with Crippen molar-refractivity contribution < 1.29 is 26.0 Å². The van der Waals surface area contributed by atoms with E-state index in [1.165, 1.54) is 46.1 Å². The zero-order valence-electron chi connectivity index (χ0n) is 25.1. The summed E-state index contributed by atoms with van der Waals surface area (Å²) in [6.45, 7) is 13.1. The van der Waals surface area contributed by atoms with E-state index in [1.807, 2.05) is 0 Å². The fourth-order valence-electron chi connectivity index (χ4n) is 6.97. The van der Waals surface area contributed by atoms with Crippen molar-refractivity contribution >= 4 is 39.2 Å². The van der Waals surface area contributed by atoms with Crippen molar-refractivity contribution in [1.29, 1.82) is 0 Å². The summed E-state index contributed by atoms with van der Waals surface area (Å²) in [5.74, 6) is 0.116. The molecular weight excluding hydrogens is 555 g/mol. The number of hydrogen-bond acceptors (Lipinski definition) is 4. The van der Waals surface area contributed by atoms with Gasteiger partial charge in [0, 0.05) is 29.6 Å². The maximum Gasteiger partial charge on any atom is 2.00 e. The van der Waals surface area contributed by atoms with Crippen LogP contribution in [0, 0.1) is 13.8 Å². The normalized spacial score (nSPS) is 17.6. The van der Waals surface area contributed by atoms with Crippen LogP contribution in [0.4, 0.5) is 0 Å². The number of hydrogen-bond donors (Lipinski definition) is 0. The van der Waals surface area contributed by atoms with Gasteiger partial charge in [-0.05, 0) is 69.6 Å². The maximum atomic E-state index is 12.2. The fourth-order valence-corrected chi connectivity index (χ4v) is 6.97. The molecule has 216 valence electrons. The Labute approximate surface area is 252 Å². The summed E-state index contributed by atoms with van der Waals surface area (Å²) in [7, 11) is 1.46. The van der Waals surface area contributed by atoms with E-state index >= 15 is 0 Å². The molecule has 0 saturated heterocycles. The zero-order valence-corrected chi connectivity index (χ0v) is 26.0. The van der Waals surface area contributed by atoms with Gasteiger partial charge in [0.1, 0.15) is 0 Å². The van der Waals surface area contributed by atoms with Gasteiger partial charge in [0.2, 0.25) is 0 Å². The van der Waals surface area contributed by atoms with Crippen molar-refractivity contribution in [1.82, 2.24) is 19.9 Å². The van der Waals surface area contributed by atoms with Crippen LogP contribution >= 0.6 is 0 Å². The maximum absolute atomic E-state index is 12.2. The minimum absolute atomic E-state index is 0. The van der Waals surface area contributed by atoms with E-state index in [9.17, 15) is 4.79 Å². The van der Waals surface area contributed by atoms with Crippen molar-refractivity contribution in [3.8, 4) is 0 Å². The average molecular weight is 593 g/mol. The zero-order chi connectivity index (χ0) is 28.3. The average Bonchev–Trinajstić information content (AvgIpc) is 3.70. The first-order valence-electron chi connectivity index (χ1n) is 14.7. The SMILES string of the molecule is CCC1=C(C)c2cc3[n-]c(cc4nc(c5c6[n-]c(cc1n2)c(C)c6CC5)[C@@H](CCC(=O)OC)[C@@H]4C)c(C)c3CC.[Ni+2]. The van der Waals surface area contributed by atoms with Crippen molar-refractivity contribution in [3.63, 3.8) is 0 Å². The molecule has 2 aliphatic heterocycles. The van der Waals surface area contributed by atoms with E-state index in [0.29, 0.717) is 12.8 Å². The van der Waals surface area contributed by atoms with Crippen LogP contribution < -0.4 is 9.97 Å². The quantitative estimate of drug-likeness (QED) is 0.234. The minimum atomic E-state index is -0.177. The predicted octanol–water partition coefficient (Wildman–Crippen LogP) is 7.03. The minimum Gasteiger partial charge on any atom is -0.657 e. The number of ether oxygens (including phenoxy) is 1. The number of esters is 1. The number of fused-ring (bicyclic) bond motifs is 8. The molecule has 0 fully saturated rings. The van der Waals surface area contributed by atoms with Gasteiger partial charge in [-0.15, -0.1) is 22.1 Å². The van der Waals surface area contributed by atoms with Crippen LogP contribution in [0.5, 0.6) is 0 Å². The molecule has 0 radical (unpaired) electrons. The molecular formula is C34H38N4NiO2. The first-order chi connectivity index (χ1) is 19.2. The first kappa shape index (κ1) is 29.3. The molecule has 3 aliphatic rings. The molecule has 3 aromatic rings. The van der Waals surface area contributed by atoms with Crippen LogP contribution in [-0.2, 0) is 45.3 Å². The van der Waals surface area contributed by atoms with Crippen molar-refractivity contribution in [2.24, 2.45) is 0 Å². The molecule has 0 unspecified atom stereocenters. The standard InChI is InChI=1S/C34H38N4O2.Ni/c1-8-21-17(3)26-14-28-20(6)24(12-13-32(39)40-7)34(37-28)25-11-10-23-19(5)29(38-33(23)25)16-31-22(9-2)18(4)27(36-31)15-30(21)35-26;/h14-16,20,24H,8-13H2,1-7H3;/q-2;+2/t20-,24-;/m0./s1. The Hall–Kier alpha value is -3.18. The third-order valence-corrected chi connectivity index (χ3v) is 9.45. The van der Waals surface area contributed by atoms with Crippen LogP contribution in [0.15, 0.2) is 18.2 Å². The summed E-state index contributed by atoms with van der Waals surface area (Å²) >= 11 is 0. The molecule has 7 heteroatoms. The summed E-state index contributed by atoms with van der Waals surface area (Å²) in [6.07, 6.45) is 4.79. The van der Waals surface area contributed by atoms with E-state index in [2.05, 4.69) is 59.7 Å². The molecule has 8 bridgehead atoms. The molecule has 1 aliphatic carbocycles. The van der Waals surface area contributed by atoms with E-state index < -0.39 is 0 Å². The van der Waals surface area contributed by atoms with E-state index in [1.54, 1.807) is 0 Å². The molecule has 3 aromatic heterocycles. The van der Waals surface area contributed by atoms with Gasteiger partial charge in [0.05, 0.1) is 18.5 Å². The van der Waals surface area contributed by atoms with E-state index in [-0.39, 0.29) is 34.3 Å².